The van der Waals surface area contributed by atoms with Crippen LogP contribution in [-0.4, -0.2) is 25.4 Å². The lowest BCUT2D eigenvalue weighted by Gasteiger charge is -2.05. The molecule has 3 rings (SSSR count). The molecule has 6 heteroatoms. The van der Waals surface area contributed by atoms with Crippen LogP contribution in [0.15, 0.2) is 23.0 Å². The summed E-state index contributed by atoms with van der Waals surface area (Å²) in [6.07, 6.45) is 1.66. The molecule has 0 aliphatic heterocycles. The van der Waals surface area contributed by atoms with Crippen molar-refractivity contribution < 1.29 is 9.90 Å². The summed E-state index contributed by atoms with van der Waals surface area (Å²) >= 11 is 0. The van der Waals surface area contributed by atoms with E-state index in [9.17, 15) is 14.7 Å². The second kappa shape index (κ2) is 4.33. The smallest absolute Gasteiger partial charge is 0.374 e. The van der Waals surface area contributed by atoms with E-state index >= 15 is 0 Å². The number of hydrogen-bond donors (Lipinski definition) is 1. The Morgan fingerprint density at radius 2 is 2.05 bits per heavy atom. The molecular formula is C14H15N3O3. The van der Waals surface area contributed by atoms with Gasteiger partial charge in [0.15, 0.2) is 0 Å². The first-order valence-electron chi connectivity index (χ1n) is 6.51. The first-order valence-corrected chi connectivity index (χ1v) is 6.51. The Morgan fingerprint density at radius 3 is 2.65 bits per heavy atom. The third-order valence-electron chi connectivity index (χ3n) is 3.51. The average Bonchev–Trinajstić information content (AvgIpc) is 3.16. The summed E-state index contributed by atoms with van der Waals surface area (Å²) in [5.74, 6) is -1.35. The summed E-state index contributed by atoms with van der Waals surface area (Å²) in [7, 11) is 0. The number of carboxylic acids is 1. The zero-order chi connectivity index (χ0) is 14.4. The van der Waals surface area contributed by atoms with Gasteiger partial charge in [-0.2, -0.15) is 4.68 Å². The van der Waals surface area contributed by atoms with Gasteiger partial charge in [-0.25, -0.2) is 9.59 Å². The van der Waals surface area contributed by atoms with Crippen LogP contribution in [0.1, 0.15) is 40.6 Å². The highest BCUT2D eigenvalue weighted by Crippen LogP contribution is 2.34. The summed E-state index contributed by atoms with van der Waals surface area (Å²) in [4.78, 5) is 23.7. The zero-order valence-electron chi connectivity index (χ0n) is 11.3. The monoisotopic (exact) mass is 273 g/mol. The van der Waals surface area contributed by atoms with Crippen molar-refractivity contribution in [3.63, 3.8) is 0 Å². The highest BCUT2D eigenvalue weighted by Gasteiger charge is 2.32. The fraction of sp³-hybridized carbons (Fsp3) is 0.357. The molecule has 1 aliphatic carbocycles. The van der Waals surface area contributed by atoms with Gasteiger partial charge in [-0.05, 0) is 43.9 Å². The summed E-state index contributed by atoms with van der Waals surface area (Å²) < 4.78 is 2.49. The van der Waals surface area contributed by atoms with Crippen molar-refractivity contribution in [1.82, 2.24) is 14.3 Å². The molecule has 0 unspecified atom stereocenters. The SMILES string of the molecule is Cc1ccc(C)c(-n2nc(C(=O)O)n(C3CC3)c2=O)c1. The van der Waals surface area contributed by atoms with Gasteiger partial charge in [0.2, 0.25) is 5.82 Å². The molecule has 1 aromatic heterocycles. The summed E-state index contributed by atoms with van der Waals surface area (Å²) in [6.45, 7) is 3.79. The van der Waals surface area contributed by atoms with Gasteiger partial charge in [0.1, 0.15) is 0 Å². The second-order valence-corrected chi connectivity index (χ2v) is 5.21. The standard InChI is InChI=1S/C14H15N3O3/c1-8-3-4-9(2)11(7-8)17-14(20)16(10-5-6-10)12(15-17)13(18)19/h3-4,7,10H,5-6H2,1-2H3,(H,18,19). The highest BCUT2D eigenvalue weighted by molar-refractivity contribution is 5.83. The van der Waals surface area contributed by atoms with E-state index < -0.39 is 5.97 Å². The maximum Gasteiger partial charge on any atom is 0.374 e. The second-order valence-electron chi connectivity index (χ2n) is 5.21. The van der Waals surface area contributed by atoms with Crippen LogP contribution in [0.5, 0.6) is 0 Å². The van der Waals surface area contributed by atoms with Gasteiger partial charge >= 0.3 is 11.7 Å². The highest BCUT2D eigenvalue weighted by atomic mass is 16.4. The number of aromatic nitrogens is 3. The number of carboxylic acid groups (broad SMARTS) is 1. The number of carbonyl (C=O) groups is 1. The quantitative estimate of drug-likeness (QED) is 0.923. The van der Waals surface area contributed by atoms with Gasteiger partial charge in [0, 0.05) is 6.04 Å². The molecule has 1 heterocycles. The van der Waals surface area contributed by atoms with Crippen LogP contribution in [0.2, 0.25) is 0 Å². The van der Waals surface area contributed by atoms with Crippen molar-refractivity contribution >= 4 is 5.97 Å². The van der Waals surface area contributed by atoms with Gasteiger partial charge in [-0.3, -0.25) is 4.57 Å². The molecule has 0 spiro atoms. The molecule has 0 radical (unpaired) electrons. The van der Waals surface area contributed by atoms with Crippen LogP contribution >= 0.6 is 0 Å². The van der Waals surface area contributed by atoms with E-state index in [2.05, 4.69) is 5.10 Å². The van der Waals surface area contributed by atoms with Crippen LogP contribution in [0.3, 0.4) is 0 Å². The molecular weight excluding hydrogens is 258 g/mol. The topological polar surface area (TPSA) is 77.1 Å². The number of benzene rings is 1. The molecule has 1 aromatic carbocycles. The van der Waals surface area contributed by atoms with Gasteiger partial charge in [0.05, 0.1) is 5.69 Å². The number of nitrogens with zero attached hydrogens (tertiary/aromatic N) is 3. The minimum atomic E-state index is -1.17. The molecule has 2 aromatic rings. The van der Waals surface area contributed by atoms with Crippen LogP contribution in [0.25, 0.3) is 5.69 Å². The number of rotatable bonds is 3. The predicted octanol–water partition coefficient (Wildman–Crippen LogP) is 1.68. The first-order chi connectivity index (χ1) is 9.49. The third kappa shape index (κ3) is 1.93. The Morgan fingerprint density at radius 1 is 1.35 bits per heavy atom. The molecule has 0 amide bonds. The van der Waals surface area contributed by atoms with E-state index in [-0.39, 0.29) is 17.6 Å². The van der Waals surface area contributed by atoms with Crippen molar-refractivity contribution in [2.45, 2.75) is 32.7 Å². The summed E-state index contributed by atoms with van der Waals surface area (Å²) in [5, 5.41) is 13.2. The molecule has 104 valence electrons. The van der Waals surface area contributed by atoms with Crippen LogP contribution in [0, 0.1) is 13.8 Å². The number of aryl methyl sites for hydroxylation is 2. The zero-order valence-corrected chi connectivity index (χ0v) is 11.3. The van der Waals surface area contributed by atoms with E-state index in [1.54, 1.807) is 0 Å². The average molecular weight is 273 g/mol. The maximum atomic E-state index is 12.4. The lowest BCUT2D eigenvalue weighted by atomic mass is 10.1. The van der Waals surface area contributed by atoms with Crippen LogP contribution in [-0.2, 0) is 0 Å². The molecule has 1 saturated carbocycles. The normalized spacial score (nSPS) is 14.5. The van der Waals surface area contributed by atoms with E-state index in [4.69, 9.17) is 0 Å². The fourth-order valence-corrected chi connectivity index (χ4v) is 2.29. The van der Waals surface area contributed by atoms with Gasteiger partial charge in [-0.15, -0.1) is 5.10 Å². The van der Waals surface area contributed by atoms with Crippen LogP contribution < -0.4 is 5.69 Å². The van der Waals surface area contributed by atoms with Crippen molar-refractivity contribution in [2.75, 3.05) is 0 Å². The molecule has 1 fully saturated rings. The Labute approximate surface area is 115 Å². The minimum absolute atomic E-state index is 0.0209. The van der Waals surface area contributed by atoms with E-state index in [1.807, 2.05) is 32.0 Å². The fourth-order valence-electron chi connectivity index (χ4n) is 2.29. The van der Waals surface area contributed by atoms with Crippen LogP contribution in [0.4, 0.5) is 0 Å². The van der Waals surface area contributed by atoms with Crippen molar-refractivity contribution in [2.24, 2.45) is 0 Å². The Bertz CT molecular complexity index is 754. The lowest BCUT2D eigenvalue weighted by Crippen LogP contribution is -2.25. The van der Waals surface area contributed by atoms with Crippen molar-refractivity contribution in [3.05, 3.63) is 45.6 Å². The van der Waals surface area contributed by atoms with Crippen molar-refractivity contribution in [1.29, 1.82) is 0 Å². The number of hydrogen-bond acceptors (Lipinski definition) is 3. The van der Waals surface area contributed by atoms with E-state index in [0.29, 0.717) is 5.69 Å². The third-order valence-corrected chi connectivity index (χ3v) is 3.51. The molecule has 1 N–H and O–H groups in total. The first kappa shape index (κ1) is 12.7. The molecule has 6 nitrogen and oxygen atoms in total. The van der Waals surface area contributed by atoms with Gasteiger partial charge in [0.25, 0.3) is 0 Å². The number of aromatic carboxylic acids is 1. The predicted molar refractivity (Wildman–Crippen MR) is 72.5 cm³/mol. The molecule has 1 aliphatic rings. The Hall–Kier alpha value is -2.37. The Balaban J connectivity index is 2.24. The Kier molecular flexibility index (Phi) is 2.74. The lowest BCUT2D eigenvalue weighted by molar-refractivity contribution is 0.0676. The van der Waals surface area contributed by atoms with E-state index in [1.165, 1.54) is 9.25 Å². The van der Waals surface area contributed by atoms with Gasteiger partial charge in [-0.1, -0.05) is 12.1 Å². The maximum absolute atomic E-state index is 12.4. The molecule has 0 bridgehead atoms. The minimum Gasteiger partial charge on any atom is -0.475 e. The van der Waals surface area contributed by atoms with E-state index in [0.717, 1.165) is 24.0 Å². The largest absolute Gasteiger partial charge is 0.475 e. The molecule has 20 heavy (non-hydrogen) atoms. The van der Waals surface area contributed by atoms with Crippen molar-refractivity contribution in [3.8, 4) is 5.69 Å². The molecule has 0 saturated heterocycles. The summed E-state index contributed by atoms with van der Waals surface area (Å²) in [6, 6.07) is 5.66. The van der Waals surface area contributed by atoms with Gasteiger partial charge < -0.3 is 5.11 Å². The summed E-state index contributed by atoms with van der Waals surface area (Å²) in [5.41, 5.74) is 2.14. The molecule has 0 atom stereocenters.